The predicted molar refractivity (Wildman–Crippen MR) is 60.5 cm³/mol. The van der Waals surface area contributed by atoms with E-state index in [9.17, 15) is 0 Å². The van der Waals surface area contributed by atoms with E-state index in [2.05, 4.69) is 41.6 Å². The van der Waals surface area contributed by atoms with Gasteiger partial charge in [-0.3, -0.25) is 4.68 Å². The van der Waals surface area contributed by atoms with E-state index in [1.807, 2.05) is 11.7 Å². The molecule has 15 heavy (non-hydrogen) atoms. The highest BCUT2D eigenvalue weighted by molar-refractivity contribution is 5.69. The maximum absolute atomic E-state index is 4.43. The Morgan fingerprint density at radius 1 is 1.33 bits per heavy atom. The van der Waals surface area contributed by atoms with Crippen LogP contribution in [0.4, 0.5) is 11.5 Å². The predicted octanol–water partition coefficient (Wildman–Crippen LogP) is 2.38. The first-order valence-electron chi connectivity index (χ1n) is 5.13. The summed E-state index contributed by atoms with van der Waals surface area (Å²) in [6.45, 7) is 2.06. The number of anilines is 2. The van der Waals surface area contributed by atoms with Crippen molar-refractivity contribution in [3.05, 3.63) is 41.1 Å². The Labute approximate surface area is 88.7 Å². The van der Waals surface area contributed by atoms with Crippen molar-refractivity contribution in [2.24, 2.45) is 7.05 Å². The van der Waals surface area contributed by atoms with E-state index in [0.717, 1.165) is 17.9 Å². The van der Waals surface area contributed by atoms with Gasteiger partial charge < -0.3 is 5.32 Å². The molecular formula is C12H13N3. The molecule has 0 radical (unpaired) electrons. The van der Waals surface area contributed by atoms with Gasteiger partial charge in [-0.1, -0.05) is 18.2 Å². The highest BCUT2D eigenvalue weighted by Gasteiger charge is 2.20. The Kier molecular flexibility index (Phi) is 1.63. The lowest BCUT2D eigenvalue weighted by atomic mass is 10.00. The average Bonchev–Trinajstić information content (AvgIpc) is 2.52. The van der Waals surface area contributed by atoms with Gasteiger partial charge in [-0.05, 0) is 18.6 Å². The molecule has 2 aromatic rings. The molecule has 0 spiro atoms. The lowest BCUT2D eigenvalue weighted by Crippen LogP contribution is -2.08. The molecule has 0 saturated heterocycles. The number of aryl methyl sites for hydroxylation is 2. The van der Waals surface area contributed by atoms with Crippen LogP contribution in [0.3, 0.4) is 0 Å². The number of benzene rings is 1. The third-order valence-corrected chi connectivity index (χ3v) is 2.98. The third-order valence-electron chi connectivity index (χ3n) is 2.98. The SMILES string of the molecule is Cc1nn(C)c2c1Cc1ccccc1N2. The Bertz CT molecular complexity index is 480. The molecule has 2 heterocycles. The van der Waals surface area contributed by atoms with Crippen LogP contribution in [0.25, 0.3) is 0 Å². The van der Waals surface area contributed by atoms with E-state index in [4.69, 9.17) is 0 Å². The molecule has 76 valence electrons. The van der Waals surface area contributed by atoms with Crippen molar-refractivity contribution in [3.63, 3.8) is 0 Å². The zero-order valence-electron chi connectivity index (χ0n) is 8.91. The molecule has 1 aromatic heterocycles. The molecule has 0 aliphatic carbocycles. The monoisotopic (exact) mass is 199 g/mol. The largest absolute Gasteiger partial charge is 0.340 e. The summed E-state index contributed by atoms with van der Waals surface area (Å²) >= 11 is 0. The number of nitrogens with one attached hydrogen (secondary N) is 1. The molecule has 0 saturated carbocycles. The topological polar surface area (TPSA) is 29.9 Å². The Morgan fingerprint density at radius 3 is 3.00 bits per heavy atom. The second-order valence-corrected chi connectivity index (χ2v) is 4.00. The lowest BCUT2D eigenvalue weighted by Gasteiger charge is -2.18. The molecule has 0 atom stereocenters. The van der Waals surface area contributed by atoms with Gasteiger partial charge in [-0.2, -0.15) is 5.10 Å². The molecule has 1 aliphatic rings. The molecule has 3 heteroatoms. The standard InChI is InChI=1S/C12H13N3/c1-8-10-7-9-5-3-4-6-11(9)13-12(10)15(2)14-8/h3-6,13H,7H2,1-2H3. The highest BCUT2D eigenvalue weighted by Crippen LogP contribution is 2.33. The van der Waals surface area contributed by atoms with Crippen LogP contribution in [-0.4, -0.2) is 9.78 Å². The van der Waals surface area contributed by atoms with Crippen molar-refractivity contribution < 1.29 is 0 Å². The fourth-order valence-corrected chi connectivity index (χ4v) is 2.18. The van der Waals surface area contributed by atoms with Crippen LogP contribution in [0.15, 0.2) is 24.3 Å². The van der Waals surface area contributed by atoms with E-state index in [1.165, 1.54) is 16.8 Å². The quantitative estimate of drug-likeness (QED) is 0.602. The smallest absolute Gasteiger partial charge is 0.132 e. The molecule has 0 fully saturated rings. The average molecular weight is 199 g/mol. The minimum absolute atomic E-state index is 0.984. The third kappa shape index (κ3) is 1.16. The van der Waals surface area contributed by atoms with Gasteiger partial charge >= 0.3 is 0 Å². The number of nitrogens with zero attached hydrogens (tertiary/aromatic N) is 2. The number of aromatic nitrogens is 2. The van der Waals surface area contributed by atoms with Crippen molar-refractivity contribution in [1.82, 2.24) is 9.78 Å². The molecule has 0 unspecified atom stereocenters. The van der Waals surface area contributed by atoms with Crippen molar-refractivity contribution in [3.8, 4) is 0 Å². The Hall–Kier alpha value is -1.77. The molecule has 3 nitrogen and oxygen atoms in total. The van der Waals surface area contributed by atoms with E-state index in [-0.39, 0.29) is 0 Å². The van der Waals surface area contributed by atoms with Crippen LogP contribution in [0, 0.1) is 6.92 Å². The molecule has 0 bridgehead atoms. The van der Waals surface area contributed by atoms with E-state index in [1.54, 1.807) is 0 Å². The van der Waals surface area contributed by atoms with Gasteiger partial charge in [0, 0.05) is 24.7 Å². The molecular weight excluding hydrogens is 186 g/mol. The fraction of sp³-hybridized carbons (Fsp3) is 0.250. The van der Waals surface area contributed by atoms with Crippen LogP contribution in [-0.2, 0) is 13.5 Å². The van der Waals surface area contributed by atoms with Crippen LogP contribution in [0.5, 0.6) is 0 Å². The summed E-state index contributed by atoms with van der Waals surface area (Å²) in [5.74, 6) is 1.13. The van der Waals surface area contributed by atoms with Crippen molar-refractivity contribution in [2.75, 3.05) is 5.32 Å². The second kappa shape index (κ2) is 2.86. The lowest BCUT2D eigenvalue weighted by molar-refractivity contribution is 0.764. The zero-order chi connectivity index (χ0) is 10.4. The van der Waals surface area contributed by atoms with E-state index >= 15 is 0 Å². The van der Waals surface area contributed by atoms with Crippen LogP contribution in [0.1, 0.15) is 16.8 Å². The van der Waals surface area contributed by atoms with Crippen LogP contribution in [0.2, 0.25) is 0 Å². The first kappa shape index (κ1) is 8.53. The van der Waals surface area contributed by atoms with Crippen molar-refractivity contribution in [2.45, 2.75) is 13.3 Å². The van der Waals surface area contributed by atoms with Crippen molar-refractivity contribution in [1.29, 1.82) is 0 Å². The normalized spacial score (nSPS) is 12.9. The maximum atomic E-state index is 4.43. The van der Waals surface area contributed by atoms with Crippen molar-refractivity contribution >= 4 is 11.5 Å². The minimum Gasteiger partial charge on any atom is -0.340 e. The van der Waals surface area contributed by atoms with Gasteiger partial charge in [0.05, 0.1) is 5.69 Å². The number of rotatable bonds is 0. The van der Waals surface area contributed by atoms with Gasteiger partial charge in [-0.15, -0.1) is 0 Å². The summed E-state index contributed by atoms with van der Waals surface area (Å²) in [4.78, 5) is 0. The molecule has 3 rings (SSSR count). The molecule has 1 aromatic carbocycles. The summed E-state index contributed by atoms with van der Waals surface area (Å²) in [6, 6.07) is 8.41. The fourth-order valence-electron chi connectivity index (χ4n) is 2.18. The van der Waals surface area contributed by atoms with Gasteiger partial charge in [0.1, 0.15) is 5.82 Å². The van der Waals surface area contributed by atoms with Gasteiger partial charge in [0.25, 0.3) is 0 Å². The highest BCUT2D eigenvalue weighted by atomic mass is 15.3. The molecule has 0 amide bonds. The molecule has 1 aliphatic heterocycles. The summed E-state index contributed by atoms with van der Waals surface area (Å²) in [5.41, 5.74) is 4.99. The van der Waals surface area contributed by atoms with Crippen LogP contribution >= 0.6 is 0 Å². The second-order valence-electron chi connectivity index (χ2n) is 4.00. The number of hydrogen-bond donors (Lipinski definition) is 1. The Morgan fingerprint density at radius 2 is 2.13 bits per heavy atom. The zero-order valence-corrected chi connectivity index (χ0v) is 8.91. The number of para-hydroxylation sites is 1. The minimum atomic E-state index is 0.984. The molecule has 1 N–H and O–H groups in total. The first-order chi connectivity index (χ1) is 7.25. The van der Waals surface area contributed by atoms with E-state index < -0.39 is 0 Å². The van der Waals surface area contributed by atoms with Crippen LogP contribution < -0.4 is 5.32 Å². The number of hydrogen-bond acceptors (Lipinski definition) is 2. The summed E-state index contributed by atoms with van der Waals surface area (Å²) in [7, 11) is 1.98. The summed E-state index contributed by atoms with van der Waals surface area (Å²) < 4.78 is 1.92. The van der Waals surface area contributed by atoms with Gasteiger partial charge in [0.15, 0.2) is 0 Å². The van der Waals surface area contributed by atoms with Gasteiger partial charge in [-0.25, -0.2) is 0 Å². The summed E-state index contributed by atoms with van der Waals surface area (Å²) in [6.07, 6.45) is 0.984. The van der Waals surface area contributed by atoms with Gasteiger partial charge in [0.2, 0.25) is 0 Å². The number of fused-ring (bicyclic) bond motifs is 2. The summed E-state index contributed by atoms with van der Waals surface area (Å²) in [5, 5.41) is 7.86. The Balaban J connectivity index is 2.16. The van der Waals surface area contributed by atoms with E-state index in [0.29, 0.717) is 0 Å². The maximum Gasteiger partial charge on any atom is 0.132 e. The first-order valence-corrected chi connectivity index (χ1v) is 5.13.